The third-order valence-electron chi connectivity index (χ3n) is 2.52. The fourth-order valence-corrected chi connectivity index (χ4v) is 2.64. The van der Waals surface area contributed by atoms with Crippen molar-refractivity contribution in [3.05, 3.63) is 33.1 Å². The smallest absolute Gasteiger partial charge is 0.248 e. The number of aromatic nitrogens is 2. The van der Waals surface area contributed by atoms with Crippen LogP contribution in [0, 0.1) is 13.8 Å². The number of aromatic amines is 1. The second-order valence-corrected chi connectivity index (χ2v) is 4.74. The minimum Gasteiger partial charge on any atom is -0.362 e. The SMILES string of the molecule is CCNc1nc(-c2c(C)cc(=O)[nH]c2C)cs1. The van der Waals surface area contributed by atoms with Crippen molar-refractivity contribution in [1.29, 1.82) is 0 Å². The Morgan fingerprint density at radius 1 is 1.47 bits per heavy atom. The Morgan fingerprint density at radius 2 is 2.24 bits per heavy atom. The van der Waals surface area contributed by atoms with Crippen molar-refractivity contribution in [1.82, 2.24) is 9.97 Å². The van der Waals surface area contributed by atoms with E-state index >= 15 is 0 Å². The third-order valence-corrected chi connectivity index (χ3v) is 3.32. The molecule has 0 radical (unpaired) electrons. The molecule has 17 heavy (non-hydrogen) atoms. The zero-order valence-electron chi connectivity index (χ0n) is 10.1. The Labute approximate surface area is 104 Å². The molecule has 2 N–H and O–H groups in total. The highest BCUT2D eigenvalue weighted by Crippen LogP contribution is 2.28. The number of hydrogen-bond donors (Lipinski definition) is 2. The second-order valence-electron chi connectivity index (χ2n) is 3.88. The van der Waals surface area contributed by atoms with Crippen molar-refractivity contribution in [2.24, 2.45) is 0 Å². The summed E-state index contributed by atoms with van der Waals surface area (Å²) in [5, 5.41) is 6.10. The molecule has 0 aliphatic rings. The van der Waals surface area contributed by atoms with Gasteiger partial charge in [0.25, 0.3) is 0 Å². The van der Waals surface area contributed by atoms with Gasteiger partial charge in [0.1, 0.15) is 0 Å². The van der Waals surface area contributed by atoms with Gasteiger partial charge in [-0.15, -0.1) is 11.3 Å². The molecule has 2 aromatic rings. The zero-order chi connectivity index (χ0) is 12.4. The van der Waals surface area contributed by atoms with E-state index in [1.807, 2.05) is 26.2 Å². The predicted molar refractivity (Wildman–Crippen MR) is 71.8 cm³/mol. The molecule has 0 saturated carbocycles. The van der Waals surface area contributed by atoms with Gasteiger partial charge in [-0.2, -0.15) is 0 Å². The van der Waals surface area contributed by atoms with Gasteiger partial charge in [0.2, 0.25) is 5.56 Å². The van der Waals surface area contributed by atoms with E-state index in [0.29, 0.717) is 0 Å². The molecule has 5 heteroatoms. The van der Waals surface area contributed by atoms with E-state index in [-0.39, 0.29) is 5.56 Å². The summed E-state index contributed by atoms with van der Waals surface area (Å²) in [5.41, 5.74) is 3.69. The average molecular weight is 249 g/mol. The average Bonchev–Trinajstić information content (AvgIpc) is 2.65. The van der Waals surface area contributed by atoms with E-state index in [4.69, 9.17) is 0 Å². The summed E-state index contributed by atoms with van der Waals surface area (Å²) in [4.78, 5) is 18.6. The number of H-pyrrole nitrogens is 1. The van der Waals surface area contributed by atoms with Crippen LogP contribution in [0.25, 0.3) is 11.3 Å². The molecule has 90 valence electrons. The summed E-state index contributed by atoms with van der Waals surface area (Å²) < 4.78 is 0. The van der Waals surface area contributed by atoms with Gasteiger partial charge < -0.3 is 10.3 Å². The first-order chi connectivity index (χ1) is 8.11. The normalized spacial score (nSPS) is 10.5. The van der Waals surface area contributed by atoms with Crippen LogP contribution in [0.1, 0.15) is 18.2 Å². The lowest BCUT2D eigenvalue weighted by atomic mass is 10.1. The lowest BCUT2D eigenvalue weighted by Gasteiger charge is -2.05. The van der Waals surface area contributed by atoms with E-state index in [2.05, 4.69) is 15.3 Å². The highest BCUT2D eigenvalue weighted by atomic mass is 32.1. The van der Waals surface area contributed by atoms with Gasteiger partial charge in [-0.3, -0.25) is 4.79 Å². The number of hydrogen-bond acceptors (Lipinski definition) is 4. The van der Waals surface area contributed by atoms with E-state index in [9.17, 15) is 4.79 Å². The molecule has 0 unspecified atom stereocenters. The Hall–Kier alpha value is -1.62. The van der Waals surface area contributed by atoms with Crippen LogP contribution in [-0.2, 0) is 0 Å². The Kier molecular flexibility index (Phi) is 3.28. The summed E-state index contributed by atoms with van der Waals surface area (Å²) >= 11 is 1.58. The van der Waals surface area contributed by atoms with Crippen LogP contribution in [0.5, 0.6) is 0 Å². The Bertz CT molecular complexity index is 559. The van der Waals surface area contributed by atoms with E-state index in [1.54, 1.807) is 17.4 Å². The van der Waals surface area contributed by atoms with Crippen LogP contribution in [-0.4, -0.2) is 16.5 Å². The Morgan fingerprint density at radius 3 is 2.88 bits per heavy atom. The summed E-state index contributed by atoms with van der Waals surface area (Å²) in [6, 6.07) is 1.61. The first kappa shape index (κ1) is 11.9. The molecule has 2 aromatic heterocycles. The molecular formula is C12H15N3OS. The van der Waals surface area contributed by atoms with Crippen LogP contribution in [0.3, 0.4) is 0 Å². The molecule has 0 aliphatic carbocycles. The fourth-order valence-electron chi connectivity index (χ4n) is 1.86. The molecule has 2 heterocycles. The molecule has 0 amide bonds. The summed E-state index contributed by atoms with van der Waals surface area (Å²) in [5.74, 6) is 0. The topological polar surface area (TPSA) is 57.8 Å². The van der Waals surface area contributed by atoms with Gasteiger partial charge in [-0.05, 0) is 26.3 Å². The van der Waals surface area contributed by atoms with Gasteiger partial charge in [0.05, 0.1) is 5.69 Å². The summed E-state index contributed by atoms with van der Waals surface area (Å²) in [6.45, 7) is 6.73. The molecule has 0 fully saturated rings. The highest BCUT2D eigenvalue weighted by Gasteiger charge is 2.10. The van der Waals surface area contributed by atoms with Gasteiger partial charge in [-0.1, -0.05) is 0 Å². The number of pyridine rings is 1. The van der Waals surface area contributed by atoms with Crippen molar-refractivity contribution >= 4 is 16.5 Å². The van der Waals surface area contributed by atoms with Crippen molar-refractivity contribution in [2.45, 2.75) is 20.8 Å². The number of aryl methyl sites for hydroxylation is 2. The minimum absolute atomic E-state index is 0.0640. The molecule has 4 nitrogen and oxygen atoms in total. The van der Waals surface area contributed by atoms with E-state index in [0.717, 1.165) is 34.2 Å². The van der Waals surface area contributed by atoms with Crippen LogP contribution >= 0.6 is 11.3 Å². The first-order valence-electron chi connectivity index (χ1n) is 5.52. The van der Waals surface area contributed by atoms with Crippen LogP contribution in [0.2, 0.25) is 0 Å². The Balaban J connectivity index is 2.48. The molecular weight excluding hydrogens is 234 g/mol. The number of anilines is 1. The number of rotatable bonds is 3. The molecule has 0 spiro atoms. The molecule has 0 saturated heterocycles. The van der Waals surface area contributed by atoms with Crippen LogP contribution in [0.15, 0.2) is 16.2 Å². The van der Waals surface area contributed by atoms with Crippen molar-refractivity contribution in [3.8, 4) is 11.3 Å². The number of thiazole rings is 1. The molecule has 0 aromatic carbocycles. The van der Waals surface area contributed by atoms with Crippen LogP contribution < -0.4 is 10.9 Å². The monoisotopic (exact) mass is 249 g/mol. The van der Waals surface area contributed by atoms with Gasteiger partial charge in [0, 0.05) is 29.2 Å². The van der Waals surface area contributed by atoms with Gasteiger partial charge in [0.15, 0.2) is 5.13 Å². The largest absolute Gasteiger partial charge is 0.362 e. The second kappa shape index (κ2) is 4.71. The number of nitrogens with zero attached hydrogens (tertiary/aromatic N) is 1. The maximum Gasteiger partial charge on any atom is 0.248 e. The zero-order valence-corrected chi connectivity index (χ0v) is 10.9. The lowest BCUT2D eigenvalue weighted by Crippen LogP contribution is -2.08. The minimum atomic E-state index is -0.0640. The van der Waals surface area contributed by atoms with Gasteiger partial charge in [-0.25, -0.2) is 4.98 Å². The number of nitrogens with one attached hydrogen (secondary N) is 2. The molecule has 0 bridgehead atoms. The first-order valence-corrected chi connectivity index (χ1v) is 6.40. The van der Waals surface area contributed by atoms with Crippen molar-refractivity contribution in [2.75, 3.05) is 11.9 Å². The van der Waals surface area contributed by atoms with E-state index in [1.165, 1.54) is 0 Å². The van der Waals surface area contributed by atoms with Gasteiger partial charge >= 0.3 is 0 Å². The molecule has 0 atom stereocenters. The maximum absolute atomic E-state index is 11.3. The standard InChI is InChI=1S/C12H15N3OS/c1-4-13-12-15-9(6-17-12)11-7(2)5-10(16)14-8(11)3/h5-6H,4H2,1-3H3,(H,13,15)(H,14,16). The maximum atomic E-state index is 11.3. The van der Waals surface area contributed by atoms with Crippen LogP contribution in [0.4, 0.5) is 5.13 Å². The van der Waals surface area contributed by atoms with E-state index < -0.39 is 0 Å². The van der Waals surface area contributed by atoms with Crippen molar-refractivity contribution in [3.63, 3.8) is 0 Å². The summed E-state index contributed by atoms with van der Waals surface area (Å²) in [6.07, 6.45) is 0. The predicted octanol–water partition coefficient (Wildman–Crippen LogP) is 2.55. The third kappa shape index (κ3) is 2.39. The quantitative estimate of drug-likeness (QED) is 0.879. The molecule has 0 aliphatic heterocycles. The van der Waals surface area contributed by atoms with Crippen molar-refractivity contribution < 1.29 is 0 Å². The fraction of sp³-hybridized carbons (Fsp3) is 0.333. The lowest BCUT2D eigenvalue weighted by molar-refractivity contribution is 1.12. The highest BCUT2D eigenvalue weighted by molar-refractivity contribution is 7.14. The summed E-state index contributed by atoms with van der Waals surface area (Å²) in [7, 11) is 0. The molecule has 2 rings (SSSR count).